The number of rotatable bonds is 6. The van der Waals surface area contributed by atoms with Crippen molar-refractivity contribution in [3.8, 4) is 0 Å². The molecule has 1 aliphatic heterocycles. The van der Waals surface area contributed by atoms with Gasteiger partial charge in [-0.25, -0.2) is 0 Å². The summed E-state index contributed by atoms with van der Waals surface area (Å²) in [6.45, 7) is 9.91. The fourth-order valence-corrected chi connectivity index (χ4v) is 2.50. The van der Waals surface area contributed by atoms with Gasteiger partial charge in [-0.2, -0.15) is 0 Å². The highest BCUT2D eigenvalue weighted by molar-refractivity contribution is 5.38. The lowest BCUT2D eigenvalue weighted by molar-refractivity contribution is -0.134. The Bertz CT molecular complexity index is 433. The number of aliphatic hydroxyl groups excluding tert-OH is 1. The van der Waals surface area contributed by atoms with Crippen molar-refractivity contribution in [2.75, 3.05) is 32.9 Å². The first-order chi connectivity index (χ1) is 9.08. The fourth-order valence-electron chi connectivity index (χ4n) is 2.50. The topological polar surface area (TPSA) is 41.5 Å². The van der Waals surface area contributed by atoms with E-state index in [-0.39, 0.29) is 12.0 Å². The molecule has 0 aliphatic carbocycles. The lowest BCUT2D eigenvalue weighted by Gasteiger charge is -2.40. The van der Waals surface area contributed by atoms with Gasteiger partial charge in [0.15, 0.2) is 0 Å². The van der Waals surface area contributed by atoms with E-state index >= 15 is 0 Å². The molecular weight excluding hydrogens is 238 g/mol. The molecule has 0 atom stereocenters. The van der Waals surface area contributed by atoms with Crippen molar-refractivity contribution in [1.82, 2.24) is 5.32 Å². The van der Waals surface area contributed by atoms with Gasteiger partial charge in [-0.1, -0.05) is 12.1 Å². The normalized spacial score (nSPS) is 17.3. The van der Waals surface area contributed by atoms with Crippen LogP contribution in [0, 0.1) is 26.2 Å². The third kappa shape index (κ3) is 3.16. The summed E-state index contributed by atoms with van der Waals surface area (Å²) in [5.41, 5.74) is 5.55. The standard InChI is InChI=1S/C16H25NO2/c1-12-4-5-15(14(3)13(12)2)6-7-17-8-16(9-18)10-19-11-16/h4-5,17-18H,6-11H2,1-3H3. The third-order valence-electron chi connectivity index (χ3n) is 4.39. The molecule has 0 radical (unpaired) electrons. The van der Waals surface area contributed by atoms with Crippen molar-refractivity contribution in [3.05, 3.63) is 34.4 Å². The highest BCUT2D eigenvalue weighted by atomic mass is 16.5. The smallest absolute Gasteiger partial charge is 0.0579 e. The highest BCUT2D eigenvalue weighted by Crippen LogP contribution is 2.25. The van der Waals surface area contributed by atoms with Crippen LogP contribution in [0.15, 0.2) is 12.1 Å². The van der Waals surface area contributed by atoms with Gasteiger partial charge in [-0.05, 0) is 56.0 Å². The Kier molecular flexibility index (Phi) is 4.61. The van der Waals surface area contributed by atoms with E-state index < -0.39 is 0 Å². The summed E-state index contributed by atoms with van der Waals surface area (Å²) < 4.78 is 5.19. The van der Waals surface area contributed by atoms with Crippen molar-refractivity contribution in [1.29, 1.82) is 0 Å². The molecule has 3 heteroatoms. The van der Waals surface area contributed by atoms with E-state index in [4.69, 9.17) is 4.74 Å². The molecule has 3 nitrogen and oxygen atoms in total. The Morgan fingerprint density at radius 2 is 1.95 bits per heavy atom. The fraction of sp³-hybridized carbons (Fsp3) is 0.625. The molecule has 0 amide bonds. The van der Waals surface area contributed by atoms with Crippen LogP contribution in [0.4, 0.5) is 0 Å². The van der Waals surface area contributed by atoms with E-state index in [1.54, 1.807) is 0 Å². The van der Waals surface area contributed by atoms with Crippen LogP contribution >= 0.6 is 0 Å². The van der Waals surface area contributed by atoms with Gasteiger partial charge in [0.1, 0.15) is 0 Å². The Morgan fingerprint density at radius 3 is 2.53 bits per heavy atom. The summed E-state index contributed by atoms with van der Waals surface area (Å²) >= 11 is 0. The molecule has 0 unspecified atom stereocenters. The summed E-state index contributed by atoms with van der Waals surface area (Å²) in [4.78, 5) is 0. The van der Waals surface area contributed by atoms with E-state index in [2.05, 4.69) is 38.2 Å². The Morgan fingerprint density at radius 1 is 1.21 bits per heavy atom. The molecule has 1 heterocycles. The summed E-state index contributed by atoms with van der Waals surface area (Å²) in [7, 11) is 0. The number of hydrogen-bond acceptors (Lipinski definition) is 3. The molecule has 0 aromatic heterocycles. The highest BCUT2D eigenvalue weighted by Gasteiger charge is 2.37. The molecule has 0 spiro atoms. The van der Waals surface area contributed by atoms with E-state index in [9.17, 15) is 5.11 Å². The Balaban J connectivity index is 1.81. The third-order valence-corrected chi connectivity index (χ3v) is 4.39. The van der Waals surface area contributed by atoms with Crippen molar-refractivity contribution in [2.45, 2.75) is 27.2 Å². The average molecular weight is 263 g/mol. The zero-order chi connectivity index (χ0) is 13.9. The number of aliphatic hydroxyl groups is 1. The summed E-state index contributed by atoms with van der Waals surface area (Å²) in [6, 6.07) is 4.43. The summed E-state index contributed by atoms with van der Waals surface area (Å²) in [5, 5.41) is 12.8. The molecule has 0 bridgehead atoms. The second kappa shape index (κ2) is 6.04. The minimum atomic E-state index is -0.0295. The zero-order valence-corrected chi connectivity index (χ0v) is 12.3. The maximum atomic E-state index is 9.34. The molecular formula is C16H25NO2. The molecule has 2 N–H and O–H groups in total. The van der Waals surface area contributed by atoms with Crippen molar-refractivity contribution in [2.24, 2.45) is 5.41 Å². The van der Waals surface area contributed by atoms with Crippen LogP contribution < -0.4 is 5.32 Å². The van der Waals surface area contributed by atoms with Gasteiger partial charge in [0.2, 0.25) is 0 Å². The average Bonchev–Trinajstić information content (AvgIpc) is 2.37. The molecule has 1 aromatic carbocycles. The van der Waals surface area contributed by atoms with Gasteiger partial charge in [-0.3, -0.25) is 0 Å². The maximum absolute atomic E-state index is 9.34. The molecule has 106 valence electrons. The van der Waals surface area contributed by atoms with Crippen LogP contribution in [-0.4, -0.2) is 38.0 Å². The zero-order valence-electron chi connectivity index (χ0n) is 12.3. The molecule has 19 heavy (non-hydrogen) atoms. The van der Waals surface area contributed by atoms with Crippen LogP contribution in [0.25, 0.3) is 0 Å². The van der Waals surface area contributed by atoms with E-state index in [1.807, 2.05) is 0 Å². The lowest BCUT2D eigenvalue weighted by atomic mass is 9.87. The summed E-state index contributed by atoms with van der Waals surface area (Å²) in [6.07, 6.45) is 1.04. The Hall–Kier alpha value is -0.900. The van der Waals surface area contributed by atoms with Gasteiger partial charge in [0, 0.05) is 6.54 Å². The number of ether oxygens (including phenoxy) is 1. The van der Waals surface area contributed by atoms with Crippen LogP contribution in [0.2, 0.25) is 0 Å². The molecule has 1 aliphatic rings. The first-order valence-electron chi connectivity index (χ1n) is 7.03. The van der Waals surface area contributed by atoms with Crippen LogP contribution in [0.5, 0.6) is 0 Å². The number of hydrogen-bond donors (Lipinski definition) is 2. The van der Waals surface area contributed by atoms with E-state index in [0.29, 0.717) is 13.2 Å². The SMILES string of the molecule is Cc1ccc(CCNCC2(CO)COC2)c(C)c1C. The molecule has 1 aromatic rings. The van der Waals surface area contributed by atoms with Crippen molar-refractivity contribution < 1.29 is 9.84 Å². The van der Waals surface area contributed by atoms with Gasteiger partial charge < -0.3 is 15.2 Å². The summed E-state index contributed by atoms with van der Waals surface area (Å²) in [5.74, 6) is 0. The predicted octanol–water partition coefficient (Wildman–Crippen LogP) is 1.75. The maximum Gasteiger partial charge on any atom is 0.0579 e. The van der Waals surface area contributed by atoms with Crippen molar-refractivity contribution in [3.63, 3.8) is 0 Å². The van der Waals surface area contributed by atoms with Crippen LogP contribution in [0.1, 0.15) is 22.3 Å². The minimum absolute atomic E-state index is 0.0295. The first-order valence-corrected chi connectivity index (χ1v) is 7.03. The monoisotopic (exact) mass is 263 g/mol. The number of benzene rings is 1. The second-order valence-electron chi connectivity index (χ2n) is 5.87. The van der Waals surface area contributed by atoms with Gasteiger partial charge in [0.25, 0.3) is 0 Å². The van der Waals surface area contributed by atoms with Crippen molar-refractivity contribution >= 4 is 0 Å². The van der Waals surface area contributed by atoms with Gasteiger partial charge in [0.05, 0.1) is 25.2 Å². The van der Waals surface area contributed by atoms with Crippen LogP contribution in [-0.2, 0) is 11.2 Å². The molecule has 1 saturated heterocycles. The largest absolute Gasteiger partial charge is 0.396 e. The number of aryl methyl sites for hydroxylation is 1. The minimum Gasteiger partial charge on any atom is -0.396 e. The first kappa shape index (κ1) is 14.5. The van der Waals surface area contributed by atoms with E-state index in [0.717, 1.165) is 19.5 Å². The molecule has 2 rings (SSSR count). The Labute approximate surface area is 116 Å². The predicted molar refractivity (Wildman–Crippen MR) is 77.6 cm³/mol. The molecule has 1 fully saturated rings. The van der Waals surface area contributed by atoms with Crippen LogP contribution in [0.3, 0.4) is 0 Å². The number of nitrogens with one attached hydrogen (secondary N) is 1. The van der Waals surface area contributed by atoms with Gasteiger partial charge in [-0.15, -0.1) is 0 Å². The van der Waals surface area contributed by atoms with E-state index in [1.165, 1.54) is 22.3 Å². The quantitative estimate of drug-likeness (QED) is 0.768. The van der Waals surface area contributed by atoms with Gasteiger partial charge >= 0.3 is 0 Å². The molecule has 0 saturated carbocycles. The lowest BCUT2D eigenvalue weighted by Crippen LogP contribution is -2.52. The second-order valence-corrected chi connectivity index (χ2v) is 5.87.